The topological polar surface area (TPSA) is 147 Å². The van der Waals surface area contributed by atoms with Gasteiger partial charge in [-0.15, -0.1) is 0 Å². The number of carboxylic acid groups (broad SMARTS) is 1. The Morgan fingerprint density at radius 1 is 1.13 bits per heavy atom. The van der Waals surface area contributed by atoms with Crippen molar-refractivity contribution in [2.24, 2.45) is 5.73 Å². The highest BCUT2D eigenvalue weighted by molar-refractivity contribution is 5.89. The highest BCUT2D eigenvalue weighted by Gasteiger charge is 2.24. The number of guanidine groups is 1. The molecule has 0 heterocycles. The molecule has 2 rings (SSSR count). The van der Waals surface area contributed by atoms with E-state index >= 15 is 0 Å². The van der Waals surface area contributed by atoms with Crippen LogP contribution in [0.4, 0.5) is 10.5 Å². The third kappa shape index (κ3) is 8.65. The van der Waals surface area contributed by atoms with Crippen LogP contribution in [-0.4, -0.2) is 34.8 Å². The van der Waals surface area contributed by atoms with Crippen molar-refractivity contribution in [2.45, 2.75) is 45.4 Å². The van der Waals surface area contributed by atoms with Crippen LogP contribution in [0, 0.1) is 5.41 Å². The van der Waals surface area contributed by atoms with Gasteiger partial charge >= 0.3 is 12.1 Å². The van der Waals surface area contributed by atoms with Gasteiger partial charge in [0.15, 0.2) is 5.96 Å². The molecular formula is C22H28N4O5. The SMILES string of the molecule is CC(C)(C)OC(=O)N[C@@H](Cc1ccc(OCc2cccc(NC(=N)N)c2)cc1)C(=O)O. The highest BCUT2D eigenvalue weighted by Crippen LogP contribution is 2.17. The number of anilines is 1. The highest BCUT2D eigenvalue weighted by atomic mass is 16.6. The fraction of sp³-hybridized carbons (Fsp3) is 0.318. The van der Waals surface area contributed by atoms with Gasteiger partial charge in [0, 0.05) is 12.1 Å². The Labute approximate surface area is 181 Å². The molecule has 1 atom stereocenters. The molecule has 2 aromatic rings. The summed E-state index contributed by atoms with van der Waals surface area (Å²) in [6.07, 6.45) is -0.672. The van der Waals surface area contributed by atoms with Gasteiger partial charge in [-0.3, -0.25) is 5.41 Å². The molecule has 0 aliphatic heterocycles. The molecular weight excluding hydrogens is 400 g/mol. The molecule has 2 aromatic carbocycles. The Bertz CT molecular complexity index is 922. The van der Waals surface area contributed by atoms with Crippen molar-refractivity contribution in [1.29, 1.82) is 5.41 Å². The van der Waals surface area contributed by atoms with Crippen molar-refractivity contribution < 1.29 is 24.2 Å². The molecule has 9 nitrogen and oxygen atoms in total. The number of nitrogens with one attached hydrogen (secondary N) is 3. The molecule has 6 N–H and O–H groups in total. The molecule has 0 aliphatic rings. The van der Waals surface area contributed by atoms with Gasteiger partial charge < -0.3 is 30.9 Å². The molecule has 0 unspecified atom stereocenters. The quantitative estimate of drug-likeness (QED) is 0.321. The summed E-state index contributed by atoms with van der Waals surface area (Å²) in [4.78, 5) is 23.4. The Hall–Kier alpha value is -3.75. The minimum absolute atomic E-state index is 0.105. The van der Waals surface area contributed by atoms with Crippen molar-refractivity contribution in [1.82, 2.24) is 5.32 Å². The van der Waals surface area contributed by atoms with Gasteiger partial charge in [-0.05, 0) is 56.2 Å². The number of amides is 1. The van der Waals surface area contributed by atoms with Gasteiger partial charge in [0.2, 0.25) is 0 Å². The molecule has 0 aliphatic carbocycles. The number of benzene rings is 2. The molecule has 0 spiro atoms. The predicted octanol–water partition coefficient (Wildman–Crippen LogP) is 3.09. The van der Waals surface area contributed by atoms with Crippen LogP contribution in [0.15, 0.2) is 48.5 Å². The van der Waals surface area contributed by atoms with E-state index in [1.807, 2.05) is 18.2 Å². The summed E-state index contributed by atoms with van der Waals surface area (Å²) in [5.74, 6) is -0.680. The second kappa shape index (κ2) is 10.3. The van der Waals surface area contributed by atoms with Crippen LogP contribution in [-0.2, 0) is 22.6 Å². The van der Waals surface area contributed by atoms with Crippen LogP contribution < -0.4 is 21.1 Å². The van der Waals surface area contributed by atoms with Crippen molar-refractivity contribution in [2.75, 3.05) is 5.32 Å². The number of ether oxygens (including phenoxy) is 2. The number of carbonyl (C=O) groups is 2. The molecule has 1 amide bonds. The van der Waals surface area contributed by atoms with Gasteiger partial charge in [0.1, 0.15) is 24.0 Å². The van der Waals surface area contributed by atoms with Gasteiger partial charge in [0.25, 0.3) is 0 Å². The molecule has 0 aromatic heterocycles. The minimum Gasteiger partial charge on any atom is -0.489 e. The van der Waals surface area contributed by atoms with E-state index in [1.165, 1.54) is 0 Å². The fourth-order valence-electron chi connectivity index (χ4n) is 2.67. The number of hydrogen-bond acceptors (Lipinski definition) is 5. The first-order valence-electron chi connectivity index (χ1n) is 9.66. The standard InChI is InChI=1S/C22H28N4O5/c1-22(2,3)31-21(29)26-18(19(27)28)12-14-7-9-17(10-8-14)30-13-15-5-4-6-16(11-15)25-20(23)24/h4-11,18H,12-13H2,1-3H3,(H,26,29)(H,27,28)(H4,23,24,25)/t18-/m0/s1. The molecule has 31 heavy (non-hydrogen) atoms. The van der Waals surface area contributed by atoms with E-state index in [1.54, 1.807) is 51.1 Å². The van der Waals surface area contributed by atoms with Gasteiger partial charge in [0.05, 0.1) is 0 Å². The van der Waals surface area contributed by atoms with E-state index < -0.39 is 23.7 Å². The summed E-state index contributed by atoms with van der Waals surface area (Å²) in [5, 5.41) is 21.8. The van der Waals surface area contributed by atoms with Crippen LogP contribution in [0.25, 0.3) is 0 Å². The van der Waals surface area contributed by atoms with Crippen molar-refractivity contribution in [3.05, 3.63) is 59.7 Å². The van der Waals surface area contributed by atoms with Gasteiger partial charge in [-0.2, -0.15) is 0 Å². The summed E-state index contributed by atoms with van der Waals surface area (Å²) >= 11 is 0. The first-order chi connectivity index (χ1) is 14.5. The predicted molar refractivity (Wildman–Crippen MR) is 117 cm³/mol. The zero-order chi connectivity index (χ0) is 23.0. The first kappa shape index (κ1) is 23.5. The number of carboxylic acids is 1. The molecule has 0 bridgehead atoms. The van der Waals surface area contributed by atoms with Crippen molar-refractivity contribution in [3.8, 4) is 5.75 Å². The van der Waals surface area contributed by atoms with Gasteiger partial charge in [-0.1, -0.05) is 24.3 Å². The molecule has 0 radical (unpaired) electrons. The maximum Gasteiger partial charge on any atom is 0.408 e. The number of nitrogens with two attached hydrogens (primary N) is 1. The van der Waals surface area contributed by atoms with E-state index in [9.17, 15) is 14.7 Å². The molecule has 166 valence electrons. The molecule has 0 saturated heterocycles. The molecule has 0 fully saturated rings. The van der Waals surface area contributed by atoms with Crippen molar-refractivity contribution in [3.63, 3.8) is 0 Å². The smallest absolute Gasteiger partial charge is 0.408 e. The minimum atomic E-state index is -1.15. The molecule has 9 heteroatoms. The fourth-order valence-corrected chi connectivity index (χ4v) is 2.67. The Morgan fingerprint density at radius 2 is 1.81 bits per heavy atom. The van der Waals surface area contributed by atoms with Crippen molar-refractivity contribution >= 4 is 23.7 Å². The first-order valence-corrected chi connectivity index (χ1v) is 9.66. The monoisotopic (exact) mass is 428 g/mol. The second-order valence-corrected chi connectivity index (χ2v) is 7.91. The number of rotatable bonds is 8. The summed E-state index contributed by atoms with van der Waals surface area (Å²) < 4.78 is 10.9. The maximum atomic E-state index is 11.9. The van der Waals surface area contributed by atoms with Gasteiger partial charge in [-0.25, -0.2) is 9.59 Å². The van der Waals surface area contributed by atoms with Crippen LogP contribution in [0.5, 0.6) is 5.75 Å². The largest absolute Gasteiger partial charge is 0.489 e. The lowest BCUT2D eigenvalue weighted by atomic mass is 10.1. The van der Waals surface area contributed by atoms with E-state index in [0.717, 1.165) is 11.1 Å². The van der Waals surface area contributed by atoms with E-state index in [0.29, 0.717) is 18.0 Å². The van der Waals surface area contributed by atoms with E-state index in [4.69, 9.17) is 20.6 Å². The summed E-state index contributed by atoms with van der Waals surface area (Å²) in [7, 11) is 0. The van der Waals surface area contributed by atoms with Crippen LogP contribution in [0.2, 0.25) is 0 Å². The Kier molecular flexibility index (Phi) is 7.84. The van der Waals surface area contributed by atoms with Crippen LogP contribution >= 0.6 is 0 Å². The zero-order valence-corrected chi connectivity index (χ0v) is 17.8. The van der Waals surface area contributed by atoms with E-state index in [2.05, 4.69) is 10.6 Å². The lowest BCUT2D eigenvalue weighted by Crippen LogP contribution is -2.44. The van der Waals surface area contributed by atoms with Crippen LogP contribution in [0.3, 0.4) is 0 Å². The summed E-state index contributed by atoms with van der Waals surface area (Å²) in [6, 6.07) is 13.2. The average molecular weight is 428 g/mol. The number of aliphatic carboxylic acids is 1. The lowest BCUT2D eigenvalue weighted by molar-refractivity contribution is -0.139. The molecule has 0 saturated carbocycles. The zero-order valence-electron chi connectivity index (χ0n) is 17.8. The Morgan fingerprint density at radius 3 is 2.39 bits per heavy atom. The Balaban J connectivity index is 1.93. The number of alkyl carbamates (subject to hydrolysis) is 1. The number of hydrogen-bond donors (Lipinski definition) is 5. The maximum absolute atomic E-state index is 11.9. The lowest BCUT2D eigenvalue weighted by Gasteiger charge is -2.22. The third-order valence-electron chi connectivity index (χ3n) is 3.96. The average Bonchev–Trinajstić information content (AvgIpc) is 2.65. The summed E-state index contributed by atoms with van der Waals surface area (Å²) in [6.45, 7) is 5.43. The third-order valence-corrected chi connectivity index (χ3v) is 3.96. The normalized spacial score (nSPS) is 11.8. The number of carbonyl (C=O) groups excluding carboxylic acids is 1. The van der Waals surface area contributed by atoms with Crippen LogP contribution in [0.1, 0.15) is 31.9 Å². The summed E-state index contributed by atoms with van der Waals surface area (Å²) in [5.41, 5.74) is 6.93. The second-order valence-electron chi connectivity index (χ2n) is 7.91. The van der Waals surface area contributed by atoms with E-state index in [-0.39, 0.29) is 12.4 Å².